The molecule has 1 aliphatic carbocycles. The van der Waals surface area contributed by atoms with E-state index in [4.69, 9.17) is 9.15 Å². The van der Waals surface area contributed by atoms with Crippen LogP contribution in [0.25, 0.3) is 11.0 Å². The minimum Gasteiger partial charge on any atom is -0.451 e. The number of thioether (sulfide) groups is 1. The summed E-state index contributed by atoms with van der Waals surface area (Å²) in [6.45, 7) is 1.24. The van der Waals surface area contributed by atoms with Crippen molar-refractivity contribution >= 4 is 28.6 Å². The zero-order chi connectivity index (χ0) is 17.5. The standard InChI is InChI=1S/C20H27NO3S/c1-23-13-7-12-21-20(22)19-17(14-25-15-8-3-2-4-9-15)16-10-5-6-11-18(16)24-19/h5-6,10-11,15H,2-4,7-9,12-14H2,1H3,(H,21,22). The predicted molar refractivity (Wildman–Crippen MR) is 103 cm³/mol. The molecule has 0 radical (unpaired) electrons. The summed E-state index contributed by atoms with van der Waals surface area (Å²) in [5.74, 6) is 1.19. The average molecular weight is 362 g/mol. The quantitative estimate of drug-likeness (QED) is 0.689. The summed E-state index contributed by atoms with van der Waals surface area (Å²) >= 11 is 1.97. The van der Waals surface area contributed by atoms with Gasteiger partial charge in [-0.15, -0.1) is 0 Å². The molecule has 0 spiro atoms. The van der Waals surface area contributed by atoms with Crippen LogP contribution >= 0.6 is 11.8 Å². The third-order valence-corrected chi connectivity index (χ3v) is 6.13. The predicted octanol–water partition coefficient (Wildman–Crippen LogP) is 4.77. The van der Waals surface area contributed by atoms with Crippen LogP contribution in [0.5, 0.6) is 0 Å². The lowest BCUT2D eigenvalue weighted by Crippen LogP contribution is -2.25. The van der Waals surface area contributed by atoms with Gasteiger partial charge in [0, 0.05) is 42.2 Å². The first-order valence-electron chi connectivity index (χ1n) is 9.18. The van der Waals surface area contributed by atoms with Gasteiger partial charge >= 0.3 is 0 Å². The molecule has 1 aromatic heterocycles. The molecule has 0 aliphatic heterocycles. The van der Waals surface area contributed by atoms with E-state index < -0.39 is 0 Å². The van der Waals surface area contributed by atoms with Gasteiger partial charge in [-0.3, -0.25) is 4.79 Å². The van der Waals surface area contributed by atoms with E-state index >= 15 is 0 Å². The smallest absolute Gasteiger partial charge is 0.287 e. The van der Waals surface area contributed by atoms with Crippen molar-refractivity contribution in [3.8, 4) is 0 Å². The molecule has 4 nitrogen and oxygen atoms in total. The molecule has 1 heterocycles. The molecule has 0 unspecified atom stereocenters. The number of hydrogen-bond acceptors (Lipinski definition) is 4. The van der Waals surface area contributed by atoms with Crippen LogP contribution in [0.15, 0.2) is 28.7 Å². The Morgan fingerprint density at radius 2 is 2.08 bits per heavy atom. The van der Waals surface area contributed by atoms with Crippen molar-refractivity contribution in [3.63, 3.8) is 0 Å². The first kappa shape index (κ1) is 18.3. The van der Waals surface area contributed by atoms with Gasteiger partial charge in [0.25, 0.3) is 5.91 Å². The molecule has 1 amide bonds. The molecule has 0 atom stereocenters. The van der Waals surface area contributed by atoms with Crippen LogP contribution in [0.2, 0.25) is 0 Å². The van der Waals surface area contributed by atoms with Crippen molar-refractivity contribution in [2.24, 2.45) is 0 Å². The van der Waals surface area contributed by atoms with E-state index in [9.17, 15) is 4.79 Å². The largest absolute Gasteiger partial charge is 0.451 e. The number of amides is 1. The van der Waals surface area contributed by atoms with Crippen LogP contribution in [-0.2, 0) is 10.5 Å². The van der Waals surface area contributed by atoms with Gasteiger partial charge in [-0.05, 0) is 25.3 Å². The van der Waals surface area contributed by atoms with E-state index in [0.717, 1.165) is 28.7 Å². The van der Waals surface area contributed by atoms with E-state index in [1.807, 2.05) is 30.0 Å². The Balaban J connectivity index is 1.73. The highest BCUT2D eigenvalue weighted by Crippen LogP contribution is 2.34. The molecule has 1 aromatic carbocycles. The zero-order valence-corrected chi connectivity index (χ0v) is 15.7. The van der Waals surface area contributed by atoms with Crippen LogP contribution in [-0.4, -0.2) is 31.4 Å². The average Bonchev–Trinajstić information content (AvgIpc) is 3.03. The molecule has 0 saturated heterocycles. The number of fused-ring (bicyclic) bond motifs is 1. The number of hydrogen-bond donors (Lipinski definition) is 1. The van der Waals surface area contributed by atoms with E-state index in [0.29, 0.717) is 24.2 Å². The molecule has 2 aromatic rings. The first-order chi connectivity index (χ1) is 12.3. The Morgan fingerprint density at radius 3 is 2.88 bits per heavy atom. The fraction of sp³-hybridized carbons (Fsp3) is 0.550. The van der Waals surface area contributed by atoms with Crippen molar-refractivity contribution in [2.45, 2.75) is 49.5 Å². The number of carbonyl (C=O) groups excluding carboxylic acids is 1. The Labute approximate surface area is 153 Å². The van der Waals surface area contributed by atoms with Crippen molar-refractivity contribution in [1.29, 1.82) is 0 Å². The molecular formula is C20H27NO3S. The number of ether oxygens (including phenoxy) is 1. The molecule has 1 N–H and O–H groups in total. The second-order valence-corrected chi connectivity index (χ2v) is 7.87. The van der Waals surface area contributed by atoms with E-state index in [1.54, 1.807) is 7.11 Å². The first-order valence-corrected chi connectivity index (χ1v) is 10.2. The Morgan fingerprint density at radius 1 is 1.28 bits per heavy atom. The molecule has 1 saturated carbocycles. The van der Waals surface area contributed by atoms with E-state index in [2.05, 4.69) is 11.4 Å². The van der Waals surface area contributed by atoms with Gasteiger partial charge in [0.1, 0.15) is 5.58 Å². The van der Waals surface area contributed by atoms with Gasteiger partial charge in [0.05, 0.1) is 0 Å². The second-order valence-electron chi connectivity index (χ2n) is 6.58. The maximum Gasteiger partial charge on any atom is 0.287 e. The second kappa shape index (κ2) is 9.30. The molecule has 1 aliphatic rings. The molecule has 0 bridgehead atoms. The summed E-state index contributed by atoms with van der Waals surface area (Å²) in [4.78, 5) is 12.6. The molecule has 1 fully saturated rings. The van der Waals surface area contributed by atoms with E-state index in [-0.39, 0.29) is 5.91 Å². The highest BCUT2D eigenvalue weighted by molar-refractivity contribution is 7.99. The maximum atomic E-state index is 12.6. The van der Waals surface area contributed by atoms with Crippen LogP contribution in [0.3, 0.4) is 0 Å². The van der Waals surface area contributed by atoms with Crippen LogP contribution in [0.1, 0.15) is 54.6 Å². The van der Waals surface area contributed by atoms with Crippen molar-refractivity contribution in [1.82, 2.24) is 5.32 Å². The highest BCUT2D eigenvalue weighted by atomic mass is 32.2. The summed E-state index contributed by atoms with van der Waals surface area (Å²) in [6.07, 6.45) is 7.40. The molecule has 25 heavy (non-hydrogen) atoms. The number of rotatable bonds is 8. The zero-order valence-electron chi connectivity index (χ0n) is 14.9. The fourth-order valence-electron chi connectivity index (χ4n) is 3.36. The lowest BCUT2D eigenvalue weighted by atomic mass is 10.0. The van der Waals surface area contributed by atoms with Gasteiger partial charge in [0.2, 0.25) is 0 Å². The van der Waals surface area contributed by atoms with E-state index in [1.165, 1.54) is 32.1 Å². The van der Waals surface area contributed by atoms with Gasteiger partial charge in [-0.25, -0.2) is 0 Å². The number of benzene rings is 1. The SMILES string of the molecule is COCCCNC(=O)c1oc2ccccc2c1CSC1CCCCC1. The molecule has 5 heteroatoms. The number of para-hydroxylation sites is 1. The maximum absolute atomic E-state index is 12.6. The normalized spacial score (nSPS) is 15.6. The van der Waals surface area contributed by atoms with Gasteiger partial charge in [-0.1, -0.05) is 37.5 Å². The third kappa shape index (κ3) is 4.79. The Kier molecular flexibility index (Phi) is 6.82. The number of furan rings is 1. The molecule has 136 valence electrons. The number of methoxy groups -OCH3 is 1. The monoisotopic (exact) mass is 361 g/mol. The van der Waals surface area contributed by atoms with Crippen molar-refractivity contribution < 1.29 is 13.9 Å². The highest BCUT2D eigenvalue weighted by Gasteiger charge is 2.22. The van der Waals surface area contributed by atoms with Crippen LogP contribution in [0, 0.1) is 0 Å². The summed E-state index contributed by atoms with van der Waals surface area (Å²) < 4.78 is 10.9. The Hall–Kier alpha value is -1.46. The Bertz CT molecular complexity index is 691. The number of nitrogens with one attached hydrogen (secondary N) is 1. The van der Waals surface area contributed by atoms with Gasteiger partial charge in [0.15, 0.2) is 5.76 Å². The van der Waals surface area contributed by atoms with Gasteiger partial charge in [-0.2, -0.15) is 11.8 Å². The summed E-state index contributed by atoms with van der Waals surface area (Å²) in [5.41, 5.74) is 1.83. The lowest BCUT2D eigenvalue weighted by molar-refractivity contribution is 0.0922. The van der Waals surface area contributed by atoms with Gasteiger partial charge < -0.3 is 14.5 Å². The number of carbonyl (C=O) groups is 1. The van der Waals surface area contributed by atoms with Crippen molar-refractivity contribution in [3.05, 3.63) is 35.6 Å². The molecule has 3 rings (SSSR count). The summed E-state index contributed by atoms with van der Waals surface area (Å²) in [7, 11) is 1.67. The lowest BCUT2D eigenvalue weighted by Gasteiger charge is -2.20. The minimum absolute atomic E-state index is 0.119. The summed E-state index contributed by atoms with van der Waals surface area (Å²) in [5, 5.41) is 4.72. The van der Waals surface area contributed by atoms with Crippen LogP contribution in [0.4, 0.5) is 0 Å². The minimum atomic E-state index is -0.119. The molecular weight excluding hydrogens is 334 g/mol. The topological polar surface area (TPSA) is 51.5 Å². The van der Waals surface area contributed by atoms with Crippen molar-refractivity contribution in [2.75, 3.05) is 20.3 Å². The third-order valence-electron chi connectivity index (χ3n) is 4.73. The fourth-order valence-corrected chi connectivity index (χ4v) is 4.71. The summed E-state index contributed by atoms with van der Waals surface area (Å²) in [6, 6.07) is 7.94. The van der Waals surface area contributed by atoms with Crippen LogP contribution < -0.4 is 5.32 Å².